The number of aromatic amines is 1. The highest BCUT2D eigenvalue weighted by molar-refractivity contribution is 9.10. The third-order valence-corrected chi connectivity index (χ3v) is 3.11. The predicted octanol–water partition coefficient (Wildman–Crippen LogP) is 2.99. The van der Waals surface area contributed by atoms with Gasteiger partial charge in [0, 0.05) is 11.6 Å². The lowest BCUT2D eigenvalue weighted by atomic mass is 10.5. The Bertz CT molecular complexity index is 322. The lowest BCUT2D eigenvalue weighted by Crippen LogP contribution is -1.56. The number of H-pyrrole nitrogens is 1. The quantitative estimate of drug-likeness (QED) is 0.675. The Kier molecular flexibility index (Phi) is 1.13. The number of hydrogen-bond acceptors (Lipinski definition) is 1. The second kappa shape index (κ2) is 1.85. The number of thiophene rings is 1. The summed E-state index contributed by atoms with van der Waals surface area (Å²) >= 11 is 5.17. The van der Waals surface area contributed by atoms with Gasteiger partial charge in [0.05, 0.1) is 14.7 Å². The zero-order valence-electron chi connectivity index (χ0n) is 4.52. The highest BCUT2D eigenvalue weighted by atomic mass is 79.9. The van der Waals surface area contributed by atoms with E-state index in [1.807, 2.05) is 6.20 Å². The summed E-state index contributed by atoms with van der Waals surface area (Å²) in [5.74, 6) is 0. The minimum atomic E-state index is 1.16. The van der Waals surface area contributed by atoms with E-state index in [-0.39, 0.29) is 0 Å². The lowest BCUT2D eigenvalue weighted by Gasteiger charge is -1.75. The van der Waals surface area contributed by atoms with Crippen LogP contribution in [-0.4, -0.2) is 4.98 Å². The van der Waals surface area contributed by atoms with E-state index < -0.39 is 0 Å². The predicted molar refractivity (Wildman–Crippen MR) is 43.9 cm³/mol. The van der Waals surface area contributed by atoms with Crippen molar-refractivity contribution >= 4 is 37.5 Å². The SMILES string of the molecule is Brc1csc2cc[nH]c12. The van der Waals surface area contributed by atoms with E-state index in [2.05, 4.69) is 32.4 Å². The summed E-state index contributed by atoms with van der Waals surface area (Å²) in [6, 6.07) is 2.07. The molecule has 0 saturated heterocycles. The van der Waals surface area contributed by atoms with E-state index in [0.29, 0.717) is 0 Å². The Hall–Kier alpha value is -0.280. The number of hydrogen-bond donors (Lipinski definition) is 1. The molecule has 1 N–H and O–H groups in total. The lowest BCUT2D eigenvalue weighted by molar-refractivity contribution is 1.47. The molecule has 0 bridgehead atoms. The first-order valence-electron chi connectivity index (χ1n) is 2.58. The molecule has 3 heteroatoms. The van der Waals surface area contributed by atoms with E-state index in [9.17, 15) is 0 Å². The maximum absolute atomic E-state index is 3.43. The molecule has 0 aliphatic heterocycles. The largest absolute Gasteiger partial charge is 0.360 e. The molecule has 2 rings (SSSR count). The molecule has 0 aromatic carbocycles. The van der Waals surface area contributed by atoms with Gasteiger partial charge >= 0.3 is 0 Å². The molecule has 0 aliphatic rings. The van der Waals surface area contributed by atoms with Crippen molar-refractivity contribution < 1.29 is 0 Å². The van der Waals surface area contributed by atoms with Gasteiger partial charge in [0.2, 0.25) is 0 Å². The zero-order chi connectivity index (χ0) is 6.27. The number of aromatic nitrogens is 1. The van der Waals surface area contributed by atoms with Crippen LogP contribution in [0.15, 0.2) is 22.1 Å². The fraction of sp³-hybridized carbons (Fsp3) is 0. The molecular weight excluding hydrogens is 198 g/mol. The minimum absolute atomic E-state index is 1.16. The van der Waals surface area contributed by atoms with Gasteiger partial charge in [-0.05, 0) is 22.0 Å². The van der Waals surface area contributed by atoms with Gasteiger partial charge in [0.1, 0.15) is 0 Å². The molecule has 0 fully saturated rings. The van der Waals surface area contributed by atoms with E-state index in [4.69, 9.17) is 0 Å². The van der Waals surface area contributed by atoms with Gasteiger partial charge in [-0.25, -0.2) is 0 Å². The highest BCUT2D eigenvalue weighted by Crippen LogP contribution is 2.28. The molecule has 2 aromatic heterocycles. The van der Waals surface area contributed by atoms with Crippen molar-refractivity contribution in [2.75, 3.05) is 0 Å². The van der Waals surface area contributed by atoms with Crippen molar-refractivity contribution in [1.82, 2.24) is 4.98 Å². The summed E-state index contributed by atoms with van der Waals surface area (Å²) in [6.45, 7) is 0. The normalized spacial score (nSPS) is 10.8. The molecule has 0 atom stereocenters. The molecule has 0 spiro atoms. The van der Waals surface area contributed by atoms with Crippen molar-refractivity contribution in [2.24, 2.45) is 0 Å². The van der Waals surface area contributed by atoms with Crippen LogP contribution in [-0.2, 0) is 0 Å². The molecular formula is C6H4BrNS. The number of fused-ring (bicyclic) bond motifs is 1. The van der Waals surface area contributed by atoms with E-state index in [0.717, 1.165) is 4.47 Å². The Morgan fingerprint density at radius 3 is 3.22 bits per heavy atom. The highest BCUT2D eigenvalue weighted by Gasteiger charge is 1.98. The van der Waals surface area contributed by atoms with Crippen molar-refractivity contribution in [3.63, 3.8) is 0 Å². The average Bonchev–Trinajstić information content (AvgIpc) is 2.35. The molecule has 9 heavy (non-hydrogen) atoms. The molecule has 1 nitrogen and oxygen atoms in total. The van der Waals surface area contributed by atoms with E-state index >= 15 is 0 Å². The van der Waals surface area contributed by atoms with Crippen LogP contribution in [0.2, 0.25) is 0 Å². The molecule has 0 radical (unpaired) electrons. The van der Waals surface area contributed by atoms with Crippen LogP contribution in [0, 0.1) is 0 Å². The summed E-state index contributed by atoms with van der Waals surface area (Å²) in [7, 11) is 0. The summed E-state index contributed by atoms with van der Waals surface area (Å²) in [6.07, 6.45) is 1.95. The molecule has 0 aliphatic carbocycles. The fourth-order valence-corrected chi connectivity index (χ4v) is 2.34. The molecule has 2 aromatic rings. The van der Waals surface area contributed by atoms with Crippen LogP contribution >= 0.6 is 27.3 Å². The van der Waals surface area contributed by atoms with Gasteiger partial charge in [-0.2, -0.15) is 0 Å². The monoisotopic (exact) mass is 201 g/mol. The van der Waals surface area contributed by atoms with Gasteiger partial charge in [0.15, 0.2) is 0 Å². The average molecular weight is 202 g/mol. The summed E-state index contributed by atoms with van der Waals surface area (Å²) < 4.78 is 2.47. The zero-order valence-corrected chi connectivity index (χ0v) is 6.92. The molecule has 0 unspecified atom stereocenters. The van der Waals surface area contributed by atoms with Gasteiger partial charge < -0.3 is 4.98 Å². The minimum Gasteiger partial charge on any atom is -0.360 e. The second-order valence-electron chi connectivity index (χ2n) is 1.80. The number of rotatable bonds is 0. The van der Waals surface area contributed by atoms with Gasteiger partial charge in [0.25, 0.3) is 0 Å². The maximum atomic E-state index is 3.43. The van der Waals surface area contributed by atoms with Crippen LogP contribution in [0.5, 0.6) is 0 Å². The topological polar surface area (TPSA) is 15.8 Å². The Morgan fingerprint density at radius 1 is 1.56 bits per heavy atom. The van der Waals surface area contributed by atoms with Crippen molar-refractivity contribution in [1.29, 1.82) is 0 Å². The summed E-state index contributed by atoms with van der Waals surface area (Å²) in [5, 5.41) is 2.08. The van der Waals surface area contributed by atoms with E-state index in [1.54, 1.807) is 11.3 Å². The van der Waals surface area contributed by atoms with Gasteiger partial charge in [-0.1, -0.05) is 0 Å². The van der Waals surface area contributed by atoms with Crippen LogP contribution in [0.1, 0.15) is 0 Å². The second-order valence-corrected chi connectivity index (χ2v) is 3.57. The third-order valence-electron chi connectivity index (χ3n) is 1.24. The fourth-order valence-electron chi connectivity index (χ4n) is 0.814. The van der Waals surface area contributed by atoms with E-state index in [1.165, 1.54) is 10.2 Å². The van der Waals surface area contributed by atoms with Crippen LogP contribution in [0.4, 0.5) is 0 Å². The van der Waals surface area contributed by atoms with Crippen LogP contribution in [0.3, 0.4) is 0 Å². The summed E-state index contributed by atoms with van der Waals surface area (Å²) in [5.41, 5.74) is 1.21. The Morgan fingerprint density at radius 2 is 2.44 bits per heavy atom. The molecule has 0 amide bonds. The van der Waals surface area contributed by atoms with Gasteiger partial charge in [-0.3, -0.25) is 0 Å². The van der Waals surface area contributed by atoms with Crippen molar-refractivity contribution in [2.45, 2.75) is 0 Å². The van der Waals surface area contributed by atoms with Crippen LogP contribution in [0.25, 0.3) is 10.2 Å². The van der Waals surface area contributed by atoms with Gasteiger partial charge in [-0.15, -0.1) is 11.3 Å². The first-order valence-corrected chi connectivity index (χ1v) is 4.25. The standard InChI is InChI=1S/C6H4BrNS/c7-4-3-9-5-1-2-8-6(4)5/h1-3,8H. The smallest absolute Gasteiger partial charge is 0.0707 e. The summed E-state index contributed by atoms with van der Waals surface area (Å²) in [4.78, 5) is 3.13. The number of nitrogens with one attached hydrogen (secondary N) is 1. The Labute approximate surface area is 64.8 Å². The molecule has 0 saturated carbocycles. The van der Waals surface area contributed by atoms with Crippen molar-refractivity contribution in [3.05, 3.63) is 22.1 Å². The third kappa shape index (κ3) is 0.721. The first-order chi connectivity index (χ1) is 4.38. The molecule has 46 valence electrons. The van der Waals surface area contributed by atoms with Crippen molar-refractivity contribution in [3.8, 4) is 0 Å². The first kappa shape index (κ1) is 5.50. The molecule has 2 heterocycles. The maximum Gasteiger partial charge on any atom is 0.0707 e. The Balaban J connectivity index is 2.99. The number of halogens is 1. The van der Waals surface area contributed by atoms with Crippen LogP contribution < -0.4 is 0 Å².